The van der Waals surface area contributed by atoms with Gasteiger partial charge in [-0.3, -0.25) is 9.59 Å². The molecule has 0 bridgehead atoms. The average molecular weight is 257 g/mol. The minimum absolute atomic E-state index is 0.0689. The average Bonchev–Trinajstić information content (AvgIpc) is 2.72. The summed E-state index contributed by atoms with van der Waals surface area (Å²) in [6, 6.07) is 0. The summed E-state index contributed by atoms with van der Waals surface area (Å²) in [6.07, 6.45) is 0.480. The molecule has 1 amide bonds. The van der Waals surface area contributed by atoms with Gasteiger partial charge in [0.05, 0.1) is 18.7 Å². The Morgan fingerprint density at radius 1 is 1.53 bits per heavy atom. The largest absolute Gasteiger partial charge is 0.481 e. The van der Waals surface area contributed by atoms with Gasteiger partial charge in [-0.15, -0.1) is 11.3 Å². The van der Waals surface area contributed by atoms with Crippen molar-refractivity contribution in [3.05, 3.63) is 11.1 Å². The molecule has 3 N–H and O–H groups in total. The SMILES string of the molecule is CCNC(=O)CNc1nc(CCC(=O)O)cs1. The summed E-state index contributed by atoms with van der Waals surface area (Å²) in [6.45, 7) is 2.63. The Balaban J connectivity index is 2.35. The van der Waals surface area contributed by atoms with Crippen molar-refractivity contribution in [1.29, 1.82) is 0 Å². The molecule has 0 saturated heterocycles. The van der Waals surface area contributed by atoms with Gasteiger partial charge in [0.1, 0.15) is 0 Å². The van der Waals surface area contributed by atoms with Gasteiger partial charge < -0.3 is 15.7 Å². The van der Waals surface area contributed by atoms with Gasteiger partial charge in [0.25, 0.3) is 0 Å². The number of nitrogens with one attached hydrogen (secondary N) is 2. The van der Waals surface area contributed by atoms with Crippen molar-refractivity contribution >= 4 is 28.3 Å². The molecular weight excluding hydrogens is 242 g/mol. The molecule has 0 unspecified atom stereocenters. The molecule has 0 fully saturated rings. The third-order valence-electron chi connectivity index (χ3n) is 1.92. The van der Waals surface area contributed by atoms with Crippen LogP contribution in [0.25, 0.3) is 0 Å². The van der Waals surface area contributed by atoms with Crippen LogP contribution in [0, 0.1) is 0 Å². The first-order chi connectivity index (χ1) is 8.11. The van der Waals surface area contributed by atoms with Gasteiger partial charge in [-0.2, -0.15) is 0 Å². The lowest BCUT2D eigenvalue weighted by Gasteiger charge is -2.02. The van der Waals surface area contributed by atoms with Crippen LogP contribution in [0.4, 0.5) is 5.13 Å². The van der Waals surface area contributed by atoms with Gasteiger partial charge in [-0.05, 0) is 6.92 Å². The first-order valence-electron chi connectivity index (χ1n) is 5.28. The molecule has 0 aliphatic rings. The predicted molar refractivity (Wildman–Crippen MR) is 65.2 cm³/mol. The molecule has 0 aliphatic heterocycles. The quantitative estimate of drug-likeness (QED) is 0.669. The third-order valence-corrected chi connectivity index (χ3v) is 2.77. The molecule has 0 aliphatic carbocycles. The van der Waals surface area contributed by atoms with Crippen molar-refractivity contribution in [2.24, 2.45) is 0 Å². The summed E-state index contributed by atoms with van der Waals surface area (Å²) < 4.78 is 0. The van der Waals surface area contributed by atoms with Crippen LogP contribution in [0.3, 0.4) is 0 Å². The third kappa shape index (κ3) is 5.30. The number of rotatable bonds is 7. The van der Waals surface area contributed by atoms with Crippen LogP contribution in [-0.4, -0.2) is 35.1 Å². The summed E-state index contributed by atoms with van der Waals surface area (Å²) in [5, 5.41) is 16.5. The Kier molecular flexibility index (Phi) is 5.41. The second-order valence-corrected chi connectivity index (χ2v) is 4.20. The first kappa shape index (κ1) is 13.4. The zero-order chi connectivity index (χ0) is 12.7. The lowest BCUT2D eigenvalue weighted by molar-refractivity contribution is -0.137. The van der Waals surface area contributed by atoms with Crippen molar-refractivity contribution in [2.75, 3.05) is 18.4 Å². The number of thiazole rings is 1. The van der Waals surface area contributed by atoms with E-state index in [9.17, 15) is 9.59 Å². The van der Waals surface area contributed by atoms with Crippen LogP contribution in [0.2, 0.25) is 0 Å². The van der Waals surface area contributed by atoms with Crippen molar-refractivity contribution in [3.8, 4) is 0 Å². The lowest BCUT2D eigenvalue weighted by Crippen LogP contribution is -2.29. The maximum atomic E-state index is 11.2. The Hall–Kier alpha value is -1.63. The van der Waals surface area contributed by atoms with E-state index >= 15 is 0 Å². The summed E-state index contributed by atoms with van der Waals surface area (Å²) in [5.41, 5.74) is 0.732. The summed E-state index contributed by atoms with van der Waals surface area (Å²) in [4.78, 5) is 25.7. The summed E-state index contributed by atoms with van der Waals surface area (Å²) in [5.74, 6) is -0.926. The van der Waals surface area contributed by atoms with Crippen LogP contribution < -0.4 is 10.6 Å². The van der Waals surface area contributed by atoms with E-state index in [1.807, 2.05) is 6.92 Å². The Morgan fingerprint density at radius 2 is 2.29 bits per heavy atom. The first-order valence-corrected chi connectivity index (χ1v) is 6.16. The minimum Gasteiger partial charge on any atom is -0.481 e. The van der Waals surface area contributed by atoms with Gasteiger partial charge in [0, 0.05) is 18.3 Å². The molecule has 94 valence electrons. The van der Waals surface area contributed by atoms with Crippen LogP contribution in [0.5, 0.6) is 0 Å². The smallest absolute Gasteiger partial charge is 0.303 e. The zero-order valence-electron chi connectivity index (χ0n) is 9.52. The normalized spacial score (nSPS) is 9.94. The number of anilines is 1. The monoisotopic (exact) mass is 257 g/mol. The molecule has 1 heterocycles. The fourth-order valence-electron chi connectivity index (χ4n) is 1.15. The number of carboxylic acid groups (broad SMARTS) is 1. The highest BCUT2D eigenvalue weighted by molar-refractivity contribution is 7.13. The zero-order valence-corrected chi connectivity index (χ0v) is 10.3. The molecule has 0 aromatic carbocycles. The fourth-order valence-corrected chi connectivity index (χ4v) is 1.90. The van der Waals surface area contributed by atoms with Crippen LogP contribution in [0.1, 0.15) is 19.0 Å². The highest BCUT2D eigenvalue weighted by atomic mass is 32.1. The highest BCUT2D eigenvalue weighted by Gasteiger charge is 2.05. The number of hydrogen-bond acceptors (Lipinski definition) is 5. The van der Waals surface area contributed by atoms with Crippen molar-refractivity contribution in [1.82, 2.24) is 10.3 Å². The number of nitrogens with zero attached hydrogens (tertiary/aromatic N) is 1. The van der Waals surface area contributed by atoms with E-state index in [-0.39, 0.29) is 18.9 Å². The van der Waals surface area contributed by atoms with E-state index in [0.717, 1.165) is 5.69 Å². The second kappa shape index (κ2) is 6.85. The number of aliphatic carboxylic acids is 1. The minimum atomic E-state index is -0.838. The molecule has 1 aromatic rings. The van der Waals surface area contributed by atoms with Gasteiger partial charge >= 0.3 is 5.97 Å². The van der Waals surface area contributed by atoms with Gasteiger partial charge in [-0.25, -0.2) is 4.98 Å². The van der Waals surface area contributed by atoms with Gasteiger partial charge in [-0.1, -0.05) is 0 Å². The van der Waals surface area contributed by atoms with Crippen molar-refractivity contribution in [2.45, 2.75) is 19.8 Å². The number of carbonyl (C=O) groups excluding carboxylic acids is 1. The maximum Gasteiger partial charge on any atom is 0.303 e. The number of hydrogen-bond donors (Lipinski definition) is 3. The molecule has 1 rings (SSSR count). The van der Waals surface area contributed by atoms with E-state index in [0.29, 0.717) is 18.1 Å². The van der Waals surface area contributed by atoms with Crippen LogP contribution >= 0.6 is 11.3 Å². The van der Waals surface area contributed by atoms with E-state index in [4.69, 9.17) is 5.11 Å². The fraction of sp³-hybridized carbons (Fsp3) is 0.500. The number of likely N-dealkylation sites (N-methyl/N-ethyl adjacent to an activating group) is 1. The molecule has 17 heavy (non-hydrogen) atoms. The Labute approximate surface area is 103 Å². The number of aryl methyl sites for hydroxylation is 1. The topological polar surface area (TPSA) is 91.3 Å². The van der Waals surface area contributed by atoms with E-state index < -0.39 is 5.97 Å². The lowest BCUT2D eigenvalue weighted by atomic mass is 10.2. The molecule has 7 heteroatoms. The van der Waals surface area contributed by atoms with Gasteiger partial charge in [0.2, 0.25) is 5.91 Å². The molecular formula is C10H15N3O3S. The van der Waals surface area contributed by atoms with E-state index in [1.54, 1.807) is 5.38 Å². The summed E-state index contributed by atoms with van der Waals surface area (Å²) >= 11 is 1.37. The molecule has 1 aromatic heterocycles. The summed E-state index contributed by atoms with van der Waals surface area (Å²) in [7, 11) is 0. The van der Waals surface area contributed by atoms with E-state index in [2.05, 4.69) is 15.6 Å². The number of carboxylic acids is 1. The van der Waals surface area contributed by atoms with Gasteiger partial charge in [0.15, 0.2) is 5.13 Å². The van der Waals surface area contributed by atoms with Crippen molar-refractivity contribution < 1.29 is 14.7 Å². The van der Waals surface area contributed by atoms with Crippen LogP contribution in [-0.2, 0) is 16.0 Å². The molecule has 0 atom stereocenters. The number of aromatic nitrogens is 1. The maximum absolute atomic E-state index is 11.2. The molecule has 0 saturated carbocycles. The van der Waals surface area contributed by atoms with Crippen LogP contribution in [0.15, 0.2) is 5.38 Å². The molecule has 6 nitrogen and oxygen atoms in total. The highest BCUT2D eigenvalue weighted by Crippen LogP contribution is 2.16. The standard InChI is InChI=1S/C10H15N3O3S/c1-2-11-8(14)5-12-10-13-7(6-17-10)3-4-9(15)16/h6H,2-5H2,1H3,(H,11,14)(H,12,13)(H,15,16). The predicted octanol–water partition coefficient (Wildman–Crippen LogP) is 0.708. The second-order valence-electron chi connectivity index (χ2n) is 3.34. The van der Waals surface area contributed by atoms with Crippen molar-refractivity contribution in [3.63, 3.8) is 0 Å². The Bertz CT molecular complexity index is 392. The van der Waals surface area contributed by atoms with E-state index in [1.165, 1.54) is 11.3 Å². The molecule has 0 spiro atoms. The number of carbonyl (C=O) groups is 2. The number of amides is 1. The molecule has 0 radical (unpaired) electrons. The Morgan fingerprint density at radius 3 is 2.94 bits per heavy atom.